The number of halogens is 1. The van der Waals surface area contributed by atoms with E-state index in [0.717, 1.165) is 37.5 Å². The zero-order chi connectivity index (χ0) is 14.4. The Labute approximate surface area is 131 Å². The fraction of sp³-hybridized carbons (Fsp3) is 0.667. The topological polar surface area (TPSA) is 18.5 Å². The first-order valence-corrected chi connectivity index (χ1v) is 8.67. The molecule has 1 aromatic carbocycles. The third kappa shape index (κ3) is 2.47. The molecule has 1 aromatic rings. The lowest BCUT2D eigenvalue weighted by Gasteiger charge is -2.34. The summed E-state index contributed by atoms with van der Waals surface area (Å²) in [7, 11) is 0. The van der Waals surface area contributed by atoms with Crippen LogP contribution < -0.4 is 4.74 Å². The van der Waals surface area contributed by atoms with Crippen LogP contribution in [0.2, 0.25) is 0 Å². The largest absolute Gasteiger partial charge is 0.490 e. The molecule has 2 nitrogen and oxygen atoms in total. The van der Waals surface area contributed by atoms with Crippen LogP contribution in [0.1, 0.15) is 36.8 Å². The Morgan fingerprint density at radius 3 is 2.95 bits per heavy atom. The van der Waals surface area contributed by atoms with Gasteiger partial charge in [-0.15, -0.1) is 11.6 Å². The Morgan fingerprint density at radius 2 is 2.19 bits per heavy atom. The first kappa shape index (κ1) is 13.9. The standard InChI is InChI=1S/C18H23ClO2/c1-12-2-5-16-14(8-12)9-15(21-16)10-18(11-19)6-7-20-17(18)13-3-4-13/h2,5,8,13,15,17H,3-4,6-7,9-11H2,1H3. The first-order chi connectivity index (χ1) is 10.2. The molecule has 0 radical (unpaired) electrons. The highest BCUT2D eigenvalue weighted by Gasteiger charge is 2.52. The monoisotopic (exact) mass is 306 g/mol. The Balaban J connectivity index is 1.50. The Morgan fingerprint density at radius 1 is 1.33 bits per heavy atom. The summed E-state index contributed by atoms with van der Waals surface area (Å²) in [5, 5.41) is 0. The van der Waals surface area contributed by atoms with Crippen molar-refractivity contribution in [2.75, 3.05) is 12.5 Å². The second-order valence-electron chi connectivity index (χ2n) is 7.13. The number of benzene rings is 1. The Hall–Kier alpha value is -0.730. The van der Waals surface area contributed by atoms with Crippen LogP contribution >= 0.6 is 11.6 Å². The highest BCUT2D eigenvalue weighted by molar-refractivity contribution is 6.18. The van der Waals surface area contributed by atoms with Crippen molar-refractivity contribution in [2.45, 2.75) is 51.2 Å². The summed E-state index contributed by atoms with van der Waals surface area (Å²) >= 11 is 6.41. The van der Waals surface area contributed by atoms with E-state index in [9.17, 15) is 0 Å². The molecule has 0 bridgehead atoms. The molecule has 1 saturated heterocycles. The van der Waals surface area contributed by atoms with Crippen LogP contribution in [0.15, 0.2) is 18.2 Å². The normalized spacial score (nSPS) is 34.8. The van der Waals surface area contributed by atoms with Gasteiger partial charge in [0.1, 0.15) is 11.9 Å². The smallest absolute Gasteiger partial charge is 0.123 e. The van der Waals surface area contributed by atoms with E-state index in [-0.39, 0.29) is 11.5 Å². The van der Waals surface area contributed by atoms with Gasteiger partial charge in [-0.1, -0.05) is 17.7 Å². The zero-order valence-corrected chi connectivity index (χ0v) is 13.4. The van der Waals surface area contributed by atoms with Crippen LogP contribution in [0.5, 0.6) is 5.75 Å². The summed E-state index contributed by atoms with van der Waals surface area (Å²) < 4.78 is 12.2. The van der Waals surface area contributed by atoms with Crippen molar-refractivity contribution in [3.05, 3.63) is 29.3 Å². The number of hydrogen-bond acceptors (Lipinski definition) is 2. The van der Waals surface area contributed by atoms with Gasteiger partial charge in [0.15, 0.2) is 0 Å². The zero-order valence-electron chi connectivity index (χ0n) is 12.6. The fourth-order valence-corrected chi connectivity index (χ4v) is 4.57. The second kappa shape index (κ2) is 5.17. The second-order valence-corrected chi connectivity index (χ2v) is 7.40. The molecule has 21 heavy (non-hydrogen) atoms. The molecule has 0 spiro atoms. The van der Waals surface area contributed by atoms with Crippen LogP contribution in [0.3, 0.4) is 0 Å². The van der Waals surface area contributed by atoms with E-state index in [2.05, 4.69) is 25.1 Å². The molecule has 3 unspecified atom stereocenters. The van der Waals surface area contributed by atoms with E-state index in [0.29, 0.717) is 12.0 Å². The quantitative estimate of drug-likeness (QED) is 0.779. The number of alkyl halides is 1. The average molecular weight is 307 g/mol. The SMILES string of the molecule is Cc1ccc2c(c1)CC(CC1(CCl)CCOC1C1CC1)O2. The molecule has 2 fully saturated rings. The molecule has 3 heteroatoms. The number of hydrogen-bond donors (Lipinski definition) is 0. The van der Waals surface area contributed by atoms with Gasteiger partial charge in [-0.25, -0.2) is 0 Å². The molecule has 0 amide bonds. The summed E-state index contributed by atoms with van der Waals surface area (Å²) in [6.45, 7) is 3.01. The minimum atomic E-state index is 0.129. The molecule has 2 aliphatic heterocycles. The highest BCUT2D eigenvalue weighted by Crippen LogP contribution is 2.51. The van der Waals surface area contributed by atoms with E-state index in [1.54, 1.807) is 0 Å². The number of aryl methyl sites for hydroxylation is 1. The lowest BCUT2D eigenvalue weighted by atomic mass is 9.75. The highest BCUT2D eigenvalue weighted by atomic mass is 35.5. The van der Waals surface area contributed by atoms with Crippen molar-refractivity contribution >= 4 is 11.6 Å². The van der Waals surface area contributed by atoms with Crippen molar-refractivity contribution in [3.8, 4) is 5.75 Å². The lowest BCUT2D eigenvalue weighted by Crippen LogP contribution is -2.39. The predicted molar refractivity (Wildman–Crippen MR) is 84.2 cm³/mol. The molecule has 3 atom stereocenters. The van der Waals surface area contributed by atoms with Crippen LogP contribution in [-0.2, 0) is 11.2 Å². The molecule has 1 aliphatic carbocycles. The minimum Gasteiger partial charge on any atom is -0.490 e. The van der Waals surface area contributed by atoms with Crippen LogP contribution in [0, 0.1) is 18.3 Å². The fourth-order valence-electron chi connectivity index (χ4n) is 4.18. The molecule has 3 aliphatic rings. The van der Waals surface area contributed by atoms with Crippen molar-refractivity contribution in [3.63, 3.8) is 0 Å². The van der Waals surface area contributed by atoms with E-state index >= 15 is 0 Å². The van der Waals surface area contributed by atoms with E-state index in [1.165, 1.54) is 24.0 Å². The molecular weight excluding hydrogens is 284 g/mol. The Kier molecular flexibility index (Phi) is 3.42. The van der Waals surface area contributed by atoms with Crippen molar-refractivity contribution in [1.82, 2.24) is 0 Å². The number of ether oxygens (including phenoxy) is 2. The van der Waals surface area contributed by atoms with Gasteiger partial charge in [0, 0.05) is 24.3 Å². The van der Waals surface area contributed by atoms with Crippen molar-refractivity contribution in [2.24, 2.45) is 11.3 Å². The Bertz CT molecular complexity index is 540. The van der Waals surface area contributed by atoms with E-state index < -0.39 is 0 Å². The van der Waals surface area contributed by atoms with Crippen LogP contribution in [0.4, 0.5) is 0 Å². The van der Waals surface area contributed by atoms with Gasteiger partial charge in [-0.05, 0) is 50.2 Å². The van der Waals surface area contributed by atoms with Gasteiger partial charge in [-0.2, -0.15) is 0 Å². The molecule has 0 N–H and O–H groups in total. The minimum absolute atomic E-state index is 0.129. The van der Waals surface area contributed by atoms with Gasteiger partial charge < -0.3 is 9.47 Å². The van der Waals surface area contributed by atoms with Gasteiger partial charge in [-0.3, -0.25) is 0 Å². The molecule has 114 valence electrons. The van der Waals surface area contributed by atoms with Crippen molar-refractivity contribution < 1.29 is 9.47 Å². The summed E-state index contributed by atoms with van der Waals surface area (Å²) in [6, 6.07) is 6.50. The third-order valence-corrected chi connectivity index (χ3v) is 5.94. The summed E-state index contributed by atoms with van der Waals surface area (Å²) in [5.41, 5.74) is 2.79. The van der Waals surface area contributed by atoms with Crippen LogP contribution in [0.25, 0.3) is 0 Å². The number of rotatable bonds is 4. The first-order valence-electron chi connectivity index (χ1n) is 8.14. The maximum Gasteiger partial charge on any atom is 0.123 e. The maximum absolute atomic E-state index is 6.41. The maximum atomic E-state index is 6.41. The third-order valence-electron chi connectivity index (χ3n) is 5.41. The van der Waals surface area contributed by atoms with E-state index in [1.807, 2.05) is 0 Å². The number of fused-ring (bicyclic) bond motifs is 1. The molecule has 0 aromatic heterocycles. The van der Waals surface area contributed by atoms with Crippen LogP contribution in [-0.4, -0.2) is 24.7 Å². The molecule has 2 heterocycles. The lowest BCUT2D eigenvalue weighted by molar-refractivity contribution is 0.0205. The summed E-state index contributed by atoms with van der Waals surface area (Å²) in [6.07, 6.45) is 6.40. The summed E-state index contributed by atoms with van der Waals surface area (Å²) in [4.78, 5) is 0. The van der Waals surface area contributed by atoms with Gasteiger partial charge in [0.05, 0.1) is 6.10 Å². The average Bonchev–Trinajstić information content (AvgIpc) is 3.11. The molecule has 1 saturated carbocycles. The van der Waals surface area contributed by atoms with Crippen molar-refractivity contribution in [1.29, 1.82) is 0 Å². The van der Waals surface area contributed by atoms with Gasteiger partial charge in [0.2, 0.25) is 0 Å². The molecule has 4 rings (SSSR count). The van der Waals surface area contributed by atoms with Gasteiger partial charge >= 0.3 is 0 Å². The molecular formula is C18H23ClO2. The predicted octanol–water partition coefficient (Wildman–Crippen LogP) is 4.11. The van der Waals surface area contributed by atoms with Gasteiger partial charge in [0.25, 0.3) is 0 Å². The van der Waals surface area contributed by atoms with E-state index in [4.69, 9.17) is 21.1 Å². The summed E-state index contributed by atoms with van der Waals surface area (Å²) in [5.74, 6) is 2.51.